The molecule has 2 bridgehead atoms. The van der Waals surface area contributed by atoms with E-state index in [1.807, 2.05) is 11.1 Å². The van der Waals surface area contributed by atoms with Crippen molar-refractivity contribution in [2.24, 2.45) is 11.8 Å². The molecule has 2 aliphatic carbocycles. The third-order valence-electron chi connectivity index (χ3n) is 3.28. The maximum Gasteiger partial charge on any atom is -0.0192 e. The fraction of sp³-hybridized carbons (Fsp3) is 0.800. The summed E-state index contributed by atoms with van der Waals surface area (Å²) in [5.74, 6) is 1.95. The Balaban J connectivity index is 2.27. The highest BCUT2D eigenvalue weighted by Crippen LogP contribution is 2.48. The minimum absolute atomic E-state index is 0.939. The summed E-state index contributed by atoms with van der Waals surface area (Å²) in [7, 11) is 0. The van der Waals surface area contributed by atoms with Gasteiger partial charge in [-0.25, -0.2) is 0 Å². The SMILES string of the molecule is CCC1=C2CCC1CC2C. The molecule has 0 amide bonds. The predicted molar refractivity (Wildman–Crippen MR) is 43.8 cm³/mol. The maximum atomic E-state index is 2.39. The quantitative estimate of drug-likeness (QED) is 0.486. The van der Waals surface area contributed by atoms with Gasteiger partial charge in [0.15, 0.2) is 0 Å². The second-order valence-corrected chi connectivity index (χ2v) is 3.78. The normalized spacial score (nSPS) is 37.8. The smallest absolute Gasteiger partial charge is 0.0192 e. The standard InChI is InChI=1S/C10H16/c1-3-9-8-4-5-10(9)7(2)6-8/h7-8H,3-6H2,1-2H3. The van der Waals surface area contributed by atoms with E-state index in [1.165, 1.54) is 25.7 Å². The van der Waals surface area contributed by atoms with Crippen molar-refractivity contribution in [3.05, 3.63) is 11.1 Å². The average molecular weight is 136 g/mol. The molecule has 2 aliphatic rings. The molecule has 2 rings (SSSR count). The molecule has 0 spiro atoms. The lowest BCUT2D eigenvalue weighted by molar-refractivity contribution is 0.452. The summed E-state index contributed by atoms with van der Waals surface area (Å²) < 4.78 is 0. The Hall–Kier alpha value is -0.260. The van der Waals surface area contributed by atoms with Gasteiger partial charge in [0, 0.05) is 0 Å². The highest BCUT2D eigenvalue weighted by Gasteiger charge is 2.34. The van der Waals surface area contributed by atoms with Crippen LogP contribution >= 0.6 is 0 Å². The van der Waals surface area contributed by atoms with Gasteiger partial charge in [-0.2, -0.15) is 0 Å². The summed E-state index contributed by atoms with van der Waals surface area (Å²) in [6, 6.07) is 0. The molecule has 0 radical (unpaired) electrons. The summed E-state index contributed by atoms with van der Waals surface area (Å²) in [5, 5.41) is 0. The van der Waals surface area contributed by atoms with Crippen LogP contribution in [-0.4, -0.2) is 0 Å². The van der Waals surface area contributed by atoms with E-state index < -0.39 is 0 Å². The Morgan fingerprint density at radius 1 is 1.50 bits per heavy atom. The van der Waals surface area contributed by atoms with Crippen molar-refractivity contribution < 1.29 is 0 Å². The monoisotopic (exact) mass is 136 g/mol. The van der Waals surface area contributed by atoms with Gasteiger partial charge in [0.2, 0.25) is 0 Å². The highest BCUT2D eigenvalue weighted by molar-refractivity contribution is 5.30. The van der Waals surface area contributed by atoms with Crippen molar-refractivity contribution in [2.45, 2.75) is 39.5 Å². The van der Waals surface area contributed by atoms with E-state index in [9.17, 15) is 0 Å². The minimum Gasteiger partial charge on any atom is -0.0679 e. The Labute approximate surface area is 63.3 Å². The third-order valence-corrected chi connectivity index (χ3v) is 3.28. The van der Waals surface area contributed by atoms with E-state index in [2.05, 4.69) is 13.8 Å². The molecule has 10 heavy (non-hydrogen) atoms. The molecule has 0 N–H and O–H groups in total. The van der Waals surface area contributed by atoms with Crippen LogP contribution in [0.2, 0.25) is 0 Å². The predicted octanol–water partition coefficient (Wildman–Crippen LogP) is 3.14. The van der Waals surface area contributed by atoms with Gasteiger partial charge in [-0.3, -0.25) is 0 Å². The van der Waals surface area contributed by atoms with Gasteiger partial charge in [0.1, 0.15) is 0 Å². The molecule has 0 heterocycles. The number of fused-ring (bicyclic) bond motifs is 1. The number of hydrogen-bond donors (Lipinski definition) is 0. The van der Waals surface area contributed by atoms with E-state index in [0.717, 1.165) is 11.8 Å². The summed E-state index contributed by atoms with van der Waals surface area (Å²) in [4.78, 5) is 0. The largest absolute Gasteiger partial charge is 0.0679 e. The molecule has 0 aromatic carbocycles. The van der Waals surface area contributed by atoms with Crippen molar-refractivity contribution in [2.75, 3.05) is 0 Å². The summed E-state index contributed by atoms with van der Waals surface area (Å²) in [5.41, 5.74) is 3.65. The molecule has 0 heteroatoms. The lowest BCUT2D eigenvalue weighted by Crippen LogP contribution is -2.02. The van der Waals surface area contributed by atoms with Gasteiger partial charge >= 0.3 is 0 Å². The maximum absolute atomic E-state index is 2.39. The molecule has 0 aromatic heterocycles. The van der Waals surface area contributed by atoms with Gasteiger partial charge in [0.05, 0.1) is 0 Å². The second kappa shape index (κ2) is 2.11. The van der Waals surface area contributed by atoms with E-state index in [-0.39, 0.29) is 0 Å². The van der Waals surface area contributed by atoms with Crippen molar-refractivity contribution in [1.29, 1.82) is 0 Å². The molecule has 0 fully saturated rings. The first-order chi connectivity index (χ1) is 4.83. The van der Waals surface area contributed by atoms with Crippen LogP contribution in [0.3, 0.4) is 0 Å². The first kappa shape index (κ1) is 6.45. The summed E-state index contributed by atoms with van der Waals surface area (Å²) in [6.07, 6.45) is 5.70. The lowest BCUT2D eigenvalue weighted by atomic mass is 9.90. The van der Waals surface area contributed by atoms with Crippen molar-refractivity contribution in [1.82, 2.24) is 0 Å². The molecule has 0 nitrogen and oxygen atoms in total. The van der Waals surface area contributed by atoms with E-state index in [4.69, 9.17) is 0 Å². The topological polar surface area (TPSA) is 0 Å². The average Bonchev–Trinajstić information content (AvgIpc) is 2.42. The molecular formula is C10H16. The zero-order valence-corrected chi connectivity index (χ0v) is 6.98. The molecule has 0 aromatic rings. The summed E-state index contributed by atoms with van der Waals surface area (Å²) in [6.45, 7) is 4.70. The lowest BCUT2D eigenvalue weighted by Gasteiger charge is -2.15. The van der Waals surface area contributed by atoms with Crippen LogP contribution in [0, 0.1) is 11.8 Å². The highest BCUT2D eigenvalue weighted by atomic mass is 14.4. The Kier molecular flexibility index (Phi) is 1.36. The Morgan fingerprint density at radius 2 is 2.30 bits per heavy atom. The Bertz CT molecular complexity index is 176. The first-order valence-corrected chi connectivity index (χ1v) is 4.54. The number of rotatable bonds is 1. The van der Waals surface area contributed by atoms with Gasteiger partial charge < -0.3 is 0 Å². The minimum atomic E-state index is 0.939. The van der Waals surface area contributed by atoms with E-state index >= 15 is 0 Å². The van der Waals surface area contributed by atoms with Gasteiger partial charge in [-0.05, 0) is 37.5 Å². The fourth-order valence-electron chi connectivity index (χ4n) is 2.83. The van der Waals surface area contributed by atoms with Crippen LogP contribution in [0.15, 0.2) is 11.1 Å². The molecule has 0 saturated carbocycles. The first-order valence-electron chi connectivity index (χ1n) is 4.54. The zero-order chi connectivity index (χ0) is 7.14. The molecule has 2 atom stereocenters. The molecule has 56 valence electrons. The van der Waals surface area contributed by atoms with E-state index in [0.29, 0.717) is 0 Å². The van der Waals surface area contributed by atoms with E-state index in [1.54, 1.807) is 0 Å². The van der Waals surface area contributed by atoms with Gasteiger partial charge in [-0.15, -0.1) is 0 Å². The van der Waals surface area contributed by atoms with Crippen LogP contribution < -0.4 is 0 Å². The summed E-state index contributed by atoms with van der Waals surface area (Å²) >= 11 is 0. The zero-order valence-electron chi connectivity index (χ0n) is 6.98. The van der Waals surface area contributed by atoms with Gasteiger partial charge in [-0.1, -0.05) is 25.0 Å². The molecular weight excluding hydrogens is 120 g/mol. The Morgan fingerprint density at radius 3 is 2.60 bits per heavy atom. The van der Waals surface area contributed by atoms with Crippen molar-refractivity contribution in [3.63, 3.8) is 0 Å². The van der Waals surface area contributed by atoms with Crippen molar-refractivity contribution >= 4 is 0 Å². The second-order valence-electron chi connectivity index (χ2n) is 3.78. The number of hydrogen-bond acceptors (Lipinski definition) is 0. The molecule has 0 saturated heterocycles. The van der Waals surface area contributed by atoms with Crippen LogP contribution in [0.25, 0.3) is 0 Å². The van der Waals surface area contributed by atoms with Crippen molar-refractivity contribution in [3.8, 4) is 0 Å². The molecule has 2 unspecified atom stereocenters. The third kappa shape index (κ3) is 0.680. The molecule has 0 aliphatic heterocycles. The van der Waals surface area contributed by atoms with Crippen LogP contribution in [0.4, 0.5) is 0 Å². The van der Waals surface area contributed by atoms with Crippen LogP contribution in [0.1, 0.15) is 39.5 Å². The van der Waals surface area contributed by atoms with Crippen LogP contribution in [0.5, 0.6) is 0 Å². The number of allylic oxidation sites excluding steroid dienone is 2. The van der Waals surface area contributed by atoms with Gasteiger partial charge in [0.25, 0.3) is 0 Å². The fourth-order valence-corrected chi connectivity index (χ4v) is 2.83. The van der Waals surface area contributed by atoms with Crippen LogP contribution in [-0.2, 0) is 0 Å².